The zero-order valence-electron chi connectivity index (χ0n) is 10.9. The second-order valence-corrected chi connectivity index (χ2v) is 5.78. The summed E-state index contributed by atoms with van der Waals surface area (Å²) in [5, 5.41) is 0.111. The Morgan fingerprint density at radius 1 is 1.00 bits per heavy atom. The van der Waals surface area contributed by atoms with Crippen molar-refractivity contribution in [2.45, 2.75) is 18.0 Å². The van der Waals surface area contributed by atoms with Crippen LogP contribution >= 0.6 is 11.6 Å². The fourth-order valence-electron chi connectivity index (χ4n) is 1.14. The Balaban J connectivity index is 2.98. The predicted molar refractivity (Wildman–Crippen MR) is 65.1 cm³/mol. The highest BCUT2D eigenvalue weighted by atomic mass is 35.5. The minimum atomic E-state index is -6.81. The quantitative estimate of drug-likeness (QED) is 0.767. The van der Waals surface area contributed by atoms with E-state index in [0.717, 1.165) is 24.3 Å². The molecule has 0 spiro atoms. The third-order valence-electron chi connectivity index (χ3n) is 2.27. The molecule has 0 fully saturated rings. The molecule has 0 saturated heterocycles. The largest absolute Gasteiger partial charge is 0.460 e. The van der Waals surface area contributed by atoms with Gasteiger partial charge in [0.05, 0.1) is 0 Å². The summed E-state index contributed by atoms with van der Waals surface area (Å²) >= 11 is 5.46. The Labute approximate surface area is 134 Å². The van der Waals surface area contributed by atoms with Crippen LogP contribution < -0.4 is 8.91 Å². The van der Waals surface area contributed by atoms with Gasteiger partial charge in [-0.2, -0.15) is 39.2 Å². The molecule has 0 radical (unpaired) electrons. The summed E-state index contributed by atoms with van der Waals surface area (Å²) in [6.45, 7) is 0. The van der Waals surface area contributed by atoms with Crippen molar-refractivity contribution in [3.63, 3.8) is 0 Å². The Hall–Kier alpha value is -1.76. The fraction of sp³-hybridized carbons (Fsp3) is 0.300. The Morgan fingerprint density at radius 2 is 1.46 bits per heavy atom. The van der Waals surface area contributed by atoms with Gasteiger partial charge in [-0.15, -0.1) is 0 Å². The minimum absolute atomic E-state index is 0.111. The lowest BCUT2D eigenvalue weighted by Crippen LogP contribution is -2.60. The Bertz CT molecular complexity index is 718. The lowest BCUT2D eigenvalue weighted by Gasteiger charge is -2.26. The molecule has 5 nitrogen and oxygen atoms in total. The van der Waals surface area contributed by atoms with Crippen LogP contribution in [0.3, 0.4) is 0 Å². The van der Waals surface area contributed by atoms with E-state index in [-0.39, 0.29) is 9.74 Å². The zero-order chi connectivity index (χ0) is 19.0. The Kier molecular flexibility index (Phi) is 5.30. The highest BCUT2D eigenvalue weighted by Gasteiger charge is 2.76. The Morgan fingerprint density at radius 3 is 1.88 bits per heavy atom. The van der Waals surface area contributed by atoms with Gasteiger partial charge in [-0.1, -0.05) is 11.6 Å². The predicted octanol–water partition coefficient (Wildman–Crippen LogP) is 2.91. The van der Waals surface area contributed by atoms with Crippen molar-refractivity contribution in [3.05, 3.63) is 29.3 Å². The first-order valence-electron chi connectivity index (χ1n) is 5.45. The molecule has 1 aromatic carbocycles. The van der Waals surface area contributed by atoms with Crippen LogP contribution in [0.25, 0.3) is 0 Å². The maximum Gasteiger partial charge on any atom is 0.460 e. The first kappa shape index (κ1) is 20.3. The maximum atomic E-state index is 13.0. The van der Waals surface area contributed by atoms with Crippen molar-refractivity contribution < 1.29 is 48.1 Å². The van der Waals surface area contributed by atoms with Gasteiger partial charge in [0.2, 0.25) is 0 Å². The van der Waals surface area contributed by atoms with E-state index in [2.05, 4.69) is 4.18 Å². The van der Waals surface area contributed by atoms with Crippen LogP contribution in [0.1, 0.15) is 0 Å². The summed E-state index contributed by atoms with van der Waals surface area (Å²) in [6, 6.07) is 3.96. The van der Waals surface area contributed by atoms with Crippen LogP contribution in [0.4, 0.5) is 30.7 Å². The number of alkyl halides is 7. The van der Waals surface area contributed by atoms with Gasteiger partial charge in [-0.25, -0.2) is 4.72 Å². The lowest BCUT2D eigenvalue weighted by molar-refractivity contribution is -0.343. The van der Waals surface area contributed by atoms with Gasteiger partial charge in [-0.05, 0) is 24.3 Å². The molecule has 14 heteroatoms. The average molecular weight is 404 g/mol. The summed E-state index contributed by atoms with van der Waals surface area (Å²) in [5.74, 6) is -17.2. The molecular weight excluding hydrogens is 399 g/mol. The van der Waals surface area contributed by atoms with Crippen LogP contribution in [0, 0.1) is 0 Å². The molecule has 1 aromatic rings. The van der Waals surface area contributed by atoms with Gasteiger partial charge in [0.1, 0.15) is 5.75 Å². The summed E-state index contributed by atoms with van der Waals surface area (Å²) in [7, 11) is -5.46. The summed E-state index contributed by atoms with van der Waals surface area (Å²) in [5.41, 5.74) is 0. The smallest absolute Gasteiger partial charge is 0.367 e. The number of benzene rings is 1. The molecular formula is C10H5ClF7NO4S. The lowest BCUT2D eigenvalue weighted by atomic mass is 10.1. The molecule has 0 aliphatic carbocycles. The van der Waals surface area contributed by atoms with Crippen molar-refractivity contribution in [3.8, 4) is 5.75 Å². The van der Waals surface area contributed by atoms with Gasteiger partial charge in [0.25, 0.3) is 0 Å². The molecule has 136 valence electrons. The highest BCUT2D eigenvalue weighted by Crippen LogP contribution is 2.46. The number of halogens is 8. The second-order valence-electron chi connectivity index (χ2n) is 4.07. The summed E-state index contributed by atoms with van der Waals surface area (Å²) < 4.78 is 114. The molecule has 0 aliphatic heterocycles. The van der Waals surface area contributed by atoms with Crippen LogP contribution in [-0.4, -0.2) is 32.3 Å². The normalized spacial score (nSPS) is 13.5. The van der Waals surface area contributed by atoms with Crippen molar-refractivity contribution in [1.82, 2.24) is 4.72 Å². The molecule has 0 saturated carbocycles. The maximum absolute atomic E-state index is 13.0. The topological polar surface area (TPSA) is 72.5 Å². The van der Waals surface area contributed by atoms with Crippen molar-refractivity contribution in [2.24, 2.45) is 0 Å². The van der Waals surface area contributed by atoms with Crippen molar-refractivity contribution in [2.75, 3.05) is 0 Å². The number of hydrogen-bond acceptors (Lipinski definition) is 4. The van der Waals surface area contributed by atoms with Gasteiger partial charge >= 0.3 is 34.2 Å². The van der Waals surface area contributed by atoms with Crippen LogP contribution in [0.5, 0.6) is 5.75 Å². The van der Waals surface area contributed by atoms with Crippen molar-refractivity contribution in [1.29, 1.82) is 0 Å². The SMILES string of the molecule is O=C(NS(=O)(=O)Oc1ccc(Cl)cc1)C(F)(F)C(F)(F)C(F)(F)F. The molecule has 1 amide bonds. The number of carbonyl (C=O) groups excluding carboxylic acids is 1. The van der Waals surface area contributed by atoms with E-state index in [9.17, 15) is 43.9 Å². The third kappa shape index (κ3) is 4.20. The number of hydrogen-bond donors (Lipinski definition) is 1. The number of nitrogens with one attached hydrogen (secondary N) is 1. The van der Waals surface area contributed by atoms with Gasteiger partial charge < -0.3 is 4.18 Å². The molecule has 24 heavy (non-hydrogen) atoms. The van der Waals surface area contributed by atoms with Gasteiger partial charge in [0, 0.05) is 5.02 Å². The number of amides is 1. The van der Waals surface area contributed by atoms with E-state index in [0.29, 0.717) is 0 Å². The van der Waals surface area contributed by atoms with Gasteiger partial charge in [-0.3, -0.25) is 4.79 Å². The number of rotatable bonds is 5. The van der Waals surface area contributed by atoms with E-state index < -0.39 is 40.0 Å². The van der Waals surface area contributed by atoms with Gasteiger partial charge in [0.15, 0.2) is 0 Å². The average Bonchev–Trinajstić information content (AvgIpc) is 2.39. The molecule has 0 unspecified atom stereocenters. The van der Waals surface area contributed by atoms with Crippen molar-refractivity contribution >= 4 is 27.8 Å². The van der Waals surface area contributed by atoms with E-state index in [1.165, 1.54) is 0 Å². The van der Waals surface area contributed by atoms with E-state index in [1.54, 1.807) is 0 Å². The highest BCUT2D eigenvalue weighted by molar-refractivity contribution is 7.85. The minimum Gasteiger partial charge on any atom is -0.367 e. The second kappa shape index (κ2) is 6.27. The molecule has 0 bridgehead atoms. The van der Waals surface area contributed by atoms with Crippen LogP contribution in [-0.2, 0) is 15.1 Å². The number of carbonyl (C=O) groups is 1. The monoisotopic (exact) mass is 403 g/mol. The molecule has 0 aromatic heterocycles. The molecule has 1 N–H and O–H groups in total. The third-order valence-corrected chi connectivity index (χ3v) is 3.37. The standard InChI is InChI=1S/C10H5ClF7NO4S/c11-5-1-3-6(4-2-5)23-24(21,22)19-7(20)8(12,13)9(14,15)10(16,17)18/h1-4H,(H,19,20). The summed E-state index contributed by atoms with van der Waals surface area (Å²) in [4.78, 5) is 10.9. The molecule has 0 atom stereocenters. The van der Waals surface area contributed by atoms with Crippen LogP contribution in [0.15, 0.2) is 24.3 Å². The first-order chi connectivity index (χ1) is 10.6. The molecule has 1 rings (SSSR count). The first-order valence-corrected chi connectivity index (χ1v) is 7.23. The fourth-order valence-corrected chi connectivity index (χ4v) is 2.02. The van der Waals surface area contributed by atoms with E-state index in [1.807, 2.05) is 0 Å². The molecule has 0 aliphatic rings. The molecule has 0 heterocycles. The van der Waals surface area contributed by atoms with E-state index >= 15 is 0 Å². The zero-order valence-corrected chi connectivity index (χ0v) is 12.4. The van der Waals surface area contributed by atoms with Crippen LogP contribution in [0.2, 0.25) is 5.02 Å². The van der Waals surface area contributed by atoms with E-state index in [4.69, 9.17) is 11.6 Å². The summed E-state index contributed by atoms with van der Waals surface area (Å²) in [6.07, 6.45) is -6.80.